The molecule has 0 fully saturated rings. The van der Waals surface area contributed by atoms with Crippen molar-refractivity contribution in [3.8, 4) is 11.5 Å². The van der Waals surface area contributed by atoms with Gasteiger partial charge in [0.1, 0.15) is 5.82 Å². The molecule has 150 valence electrons. The molecule has 0 radical (unpaired) electrons. The second-order valence-electron chi connectivity index (χ2n) is 5.87. The van der Waals surface area contributed by atoms with Gasteiger partial charge in [-0.15, -0.1) is 0 Å². The molecule has 0 spiro atoms. The first-order valence-electron chi connectivity index (χ1n) is 9.06. The summed E-state index contributed by atoms with van der Waals surface area (Å²) in [5, 5.41) is 2.73. The van der Waals surface area contributed by atoms with E-state index in [0.717, 1.165) is 12.8 Å². The second-order valence-corrected chi connectivity index (χ2v) is 6.28. The third-order valence-electron chi connectivity index (χ3n) is 3.54. The van der Waals surface area contributed by atoms with Gasteiger partial charge in [-0.2, -0.15) is 0 Å². The topological polar surface area (TPSA) is 71.6 Å². The van der Waals surface area contributed by atoms with E-state index in [2.05, 4.69) is 16.2 Å². The first kappa shape index (κ1) is 21.4. The van der Waals surface area contributed by atoms with Crippen molar-refractivity contribution in [1.29, 1.82) is 0 Å². The summed E-state index contributed by atoms with van der Waals surface area (Å²) in [6.07, 6.45) is 1.70. The molecule has 3 N–H and O–H groups in total. The van der Waals surface area contributed by atoms with Crippen molar-refractivity contribution in [2.45, 2.75) is 26.7 Å². The summed E-state index contributed by atoms with van der Waals surface area (Å²) in [6.45, 7) is 5.09. The van der Waals surface area contributed by atoms with E-state index in [1.54, 1.807) is 30.3 Å². The Hall–Kier alpha value is -2.87. The summed E-state index contributed by atoms with van der Waals surface area (Å²) in [5.74, 6) is 0.242. The van der Waals surface area contributed by atoms with Crippen molar-refractivity contribution in [3.05, 3.63) is 53.8 Å². The van der Waals surface area contributed by atoms with Crippen LogP contribution >= 0.6 is 12.2 Å². The molecular weight excluding hydrogens is 381 g/mol. The Balaban J connectivity index is 1.98. The van der Waals surface area contributed by atoms with Crippen molar-refractivity contribution >= 4 is 28.9 Å². The number of anilines is 1. The monoisotopic (exact) mass is 405 g/mol. The summed E-state index contributed by atoms with van der Waals surface area (Å²) in [4.78, 5) is 12.4. The van der Waals surface area contributed by atoms with Gasteiger partial charge in [0.15, 0.2) is 16.6 Å². The molecule has 0 heterocycles. The number of hydrogen-bond donors (Lipinski definition) is 3. The van der Waals surface area contributed by atoms with E-state index in [1.165, 1.54) is 12.1 Å². The van der Waals surface area contributed by atoms with Crippen molar-refractivity contribution in [3.63, 3.8) is 0 Å². The third-order valence-corrected chi connectivity index (χ3v) is 3.75. The molecular formula is C20H24FN3O3S. The Bertz CT molecular complexity index is 817. The maximum absolute atomic E-state index is 13.6. The highest BCUT2D eigenvalue weighted by Gasteiger charge is 2.12. The average molecular weight is 405 g/mol. The zero-order valence-corrected chi connectivity index (χ0v) is 16.7. The first-order valence-corrected chi connectivity index (χ1v) is 9.47. The molecule has 8 heteroatoms. The number of halogens is 1. The molecule has 0 aliphatic heterocycles. The Morgan fingerprint density at radius 3 is 2.36 bits per heavy atom. The van der Waals surface area contributed by atoms with Crippen LogP contribution in [0.1, 0.15) is 37.0 Å². The number of thiocarbonyl (C=S) groups is 1. The van der Waals surface area contributed by atoms with Gasteiger partial charge in [0, 0.05) is 5.56 Å². The van der Waals surface area contributed by atoms with E-state index >= 15 is 0 Å². The molecule has 28 heavy (non-hydrogen) atoms. The van der Waals surface area contributed by atoms with Gasteiger partial charge in [0.05, 0.1) is 18.9 Å². The molecule has 0 bridgehead atoms. The van der Waals surface area contributed by atoms with Crippen LogP contribution in [0, 0.1) is 5.82 Å². The number of carbonyl (C=O) groups is 1. The molecule has 2 aromatic carbocycles. The number of carbonyl (C=O) groups excluding carboxylic acids is 1. The fourth-order valence-electron chi connectivity index (χ4n) is 2.21. The predicted octanol–water partition coefficient (Wildman–Crippen LogP) is 4.03. The number of rotatable bonds is 8. The number of para-hydroxylation sites is 1. The van der Waals surface area contributed by atoms with Crippen LogP contribution in [-0.4, -0.2) is 24.2 Å². The molecule has 0 aliphatic rings. The molecule has 0 aromatic heterocycles. The number of benzene rings is 2. The Morgan fingerprint density at radius 1 is 1.00 bits per heavy atom. The zero-order chi connectivity index (χ0) is 20.4. The average Bonchev–Trinajstić information content (AvgIpc) is 2.70. The Morgan fingerprint density at radius 2 is 1.68 bits per heavy atom. The SMILES string of the molecule is CCCOc1ccc(C(=O)NNC(=S)Nc2ccccc2F)cc1OCCC. The van der Waals surface area contributed by atoms with Crippen LogP contribution < -0.4 is 25.6 Å². The lowest BCUT2D eigenvalue weighted by molar-refractivity contribution is 0.0943. The number of hydrazine groups is 1. The lowest BCUT2D eigenvalue weighted by atomic mass is 10.2. The smallest absolute Gasteiger partial charge is 0.269 e. The van der Waals surface area contributed by atoms with Crippen molar-refractivity contribution in [1.82, 2.24) is 10.9 Å². The van der Waals surface area contributed by atoms with Gasteiger partial charge in [0.25, 0.3) is 5.91 Å². The maximum atomic E-state index is 13.6. The van der Waals surface area contributed by atoms with Crippen molar-refractivity contribution < 1.29 is 18.7 Å². The summed E-state index contributed by atoms with van der Waals surface area (Å²) in [5.41, 5.74) is 5.60. The molecule has 2 rings (SSSR count). The molecule has 1 amide bonds. The fraction of sp³-hybridized carbons (Fsp3) is 0.300. The molecule has 0 saturated heterocycles. The molecule has 6 nitrogen and oxygen atoms in total. The van der Waals surface area contributed by atoms with E-state index in [9.17, 15) is 9.18 Å². The number of nitrogens with one attached hydrogen (secondary N) is 3. The largest absolute Gasteiger partial charge is 0.490 e. The maximum Gasteiger partial charge on any atom is 0.269 e. The highest BCUT2D eigenvalue weighted by atomic mass is 32.1. The van der Waals surface area contributed by atoms with Gasteiger partial charge in [-0.25, -0.2) is 4.39 Å². The van der Waals surface area contributed by atoms with Crippen LogP contribution in [0.3, 0.4) is 0 Å². The van der Waals surface area contributed by atoms with E-state index in [0.29, 0.717) is 30.3 Å². The van der Waals surface area contributed by atoms with Crippen LogP contribution in [-0.2, 0) is 0 Å². The van der Waals surface area contributed by atoms with E-state index in [4.69, 9.17) is 21.7 Å². The molecule has 0 saturated carbocycles. The zero-order valence-electron chi connectivity index (χ0n) is 15.9. The lowest BCUT2D eigenvalue weighted by Crippen LogP contribution is -2.43. The van der Waals surface area contributed by atoms with Crippen LogP contribution in [0.25, 0.3) is 0 Å². The Kier molecular flexibility index (Phi) is 8.48. The lowest BCUT2D eigenvalue weighted by Gasteiger charge is -2.15. The molecule has 0 aliphatic carbocycles. The summed E-state index contributed by atoms with van der Waals surface area (Å²) < 4.78 is 25.0. The van der Waals surface area contributed by atoms with E-state index in [-0.39, 0.29) is 10.8 Å². The summed E-state index contributed by atoms with van der Waals surface area (Å²) in [6, 6.07) is 11.0. The Labute approximate surface area is 169 Å². The van der Waals surface area contributed by atoms with Crippen LogP contribution in [0.2, 0.25) is 0 Å². The molecule has 0 atom stereocenters. The second kappa shape index (κ2) is 11.1. The fourth-order valence-corrected chi connectivity index (χ4v) is 2.37. The summed E-state index contributed by atoms with van der Waals surface area (Å²) in [7, 11) is 0. The van der Waals surface area contributed by atoms with E-state index in [1.807, 2.05) is 13.8 Å². The summed E-state index contributed by atoms with van der Waals surface area (Å²) >= 11 is 5.07. The van der Waals surface area contributed by atoms with Crippen molar-refractivity contribution in [2.24, 2.45) is 0 Å². The number of hydrogen-bond acceptors (Lipinski definition) is 4. The molecule has 0 unspecified atom stereocenters. The number of amides is 1. The third kappa shape index (κ3) is 6.38. The highest BCUT2D eigenvalue weighted by molar-refractivity contribution is 7.80. The van der Waals surface area contributed by atoms with Gasteiger partial charge in [-0.05, 0) is 55.4 Å². The molecule has 2 aromatic rings. The van der Waals surface area contributed by atoms with Gasteiger partial charge >= 0.3 is 0 Å². The quantitative estimate of drug-likeness (QED) is 0.455. The normalized spacial score (nSPS) is 10.1. The number of ether oxygens (including phenoxy) is 2. The van der Waals surface area contributed by atoms with Crippen LogP contribution in [0.4, 0.5) is 10.1 Å². The van der Waals surface area contributed by atoms with Gasteiger partial charge in [-0.3, -0.25) is 15.6 Å². The van der Waals surface area contributed by atoms with Gasteiger partial charge in [-0.1, -0.05) is 26.0 Å². The van der Waals surface area contributed by atoms with Crippen LogP contribution in [0.5, 0.6) is 11.5 Å². The highest BCUT2D eigenvalue weighted by Crippen LogP contribution is 2.28. The van der Waals surface area contributed by atoms with Gasteiger partial charge < -0.3 is 14.8 Å². The van der Waals surface area contributed by atoms with Gasteiger partial charge in [0.2, 0.25) is 0 Å². The first-order chi connectivity index (χ1) is 13.5. The predicted molar refractivity (Wildman–Crippen MR) is 111 cm³/mol. The minimum Gasteiger partial charge on any atom is -0.490 e. The van der Waals surface area contributed by atoms with Crippen LogP contribution in [0.15, 0.2) is 42.5 Å². The van der Waals surface area contributed by atoms with E-state index < -0.39 is 11.7 Å². The minimum atomic E-state index is -0.446. The van der Waals surface area contributed by atoms with Crippen molar-refractivity contribution in [2.75, 3.05) is 18.5 Å². The standard InChI is InChI=1S/C20H24FN3O3S/c1-3-11-26-17-10-9-14(13-18(17)27-12-4-2)19(25)23-24-20(28)22-16-8-6-5-7-15(16)21/h5-10,13H,3-4,11-12H2,1-2H3,(H,23,25)(H2,22,24,28). The minimum absolute atomic E-state index is 0.0591.